The number of hydrogen-bond donors (Lipinski definition) is 1. The van der Waals surface area contributed by atoms with E-state index in [2.05, 4.69) is 5.32 Å². The highest BCUT2D eigenvalue weighted by atomic mass is 16.2. The minimum atomic E-state index is 0.00287. The lowest BCUT2D eigenvalue weighted by Crippen LogP contribution is -2.28. The standard InChI is InChI=1S/C11H14N2O/c1-8-4-3-5-10(6-8)13-7-9(2)12-11(13)14/h3-6,9H,7H2,1-2H3,(H,12,14). The van der Waals surface area contributed by atoms with Gasteiger partial charge in [0.1, 0.15) is 0 Å². The fraction of sp³-hybridized carbons (Fsp3) is 0.364. The Kier molecular flexibility index (Phi) is 2.15. The second-order valence-electron chi connectivity index (χ2n) is 3.80. The minimum absolute atomic E-state index is 0.00287. The van der Waals surface area contributed by atoms with Gasteiger partial charge in [-0.3, -0.25) is 4.90 Å². The maximum absolute atomic E-state index is 11.5. The zero-order valence-corrected chi connectivity index (χ0v) is 8.45. The van der Waals surface area contributed by atoms with Crippen LogP contribution in [0, 0.1) is 6.92 Å². The van der Waals surface area contributed by atoms with Gasteiger partial charge < -0.3 is 5.32 Å². The van der Waals surface area contributed by atoms with Gasteiger partial charge in [-0.1, -0.05) is 12.1 Å². The molecule has 74 valence electrons. The van der Waals surface area contributed by atoms with E-state index in [1.165, 1.54) is 5.56 Å². The van der Waals surface area contributed by atoms with Gasteiger partial charge in [0.15, 0.2) is 0 Å². The highest BCUT2D eigenvalue weighted by molar-refractivity contribution is 5.94. The van der Waals surface area contributed by atoms with E-state index in [-0.39, 0.29) is 12.1 Å². The Bertz CT molecular complexity index is 362. The molecule has 1 aliphatic rings. The molecule has 1 N–H and O–H groups in total. The van der Waals surface area contributed by atoms with Crippen molar-refractivity contribution in [3.8, 4) is 0 Å². The summed E-state index contributed by atoms with van der Waals surface area (Å²) in [7, 11) is 0. The van der Waals surface area contributed by atoms with Crippen LogP contribution in [-0.4, -0.2) is 18.6 Å². The van der Waals surface area contributed by atoms with Gasteiger partial charge in [0, 0.05) is 18.3 Å². The van der Waals surface area contributed by atoms with Crippen molar-refractivity contribution in [3.63, 3.8) is 0 Å². The van der Waals surface area contributed by atoms with E-state index in [0.717, 1.165) is 12.2 Å². The second-order valence-corrected chi connectivity index (χ2v) is 3.80. The Morgan fingerprint density at radius 3 is 2.86 bits per heavy atom. The van der Waals surface area contributed by atoms with Crippen LogP contribution in [0.15, 0.2) is 24.3 Å². The van der Waals surface area contributed by atoms with Gasteiger partial charge in [-0.2, -0.15) is 0 Å². The number of benzene rings is 1. The Morgan fingerprint density at radius 1 is 1.50 bits per heavy atom. The molecule has 0 radical (unpaired) electrons. The molecular formula is C11H14N2O. The molecule has 0 aromatic heterocycles. The number of aryl methyl sites for hydroxylation is 1. The highest BCUT2D eigenvalue weighted by Crippen LogP contribution is 2.19. The molecule has 2 rings (SSSR count). The summed E-state index contributed by atoms with van der Waals surface area (Å²) in [6.45, 7) is 4.79. The quantitative estimate of drug-likeness (QED) is 0.720. The van der Waals surface area contributed by atoms with Crippen LogP contribution in [0.2, 0.25) is 0 Å². The molecule has 14 heavy (non-hydrogen) atoms. The fourth-order valence-corrected chi connectivity index (χ4v) is 1.71. The topological polar surface area (TPSA) is 32.3 Å². The van der Waals surface area contributed by atoms with Gasteiger partial charge in [-0.25, -0.2) is 4.79 Å². The third-order valence-electron chi connectivity index (χ3n) is 2.38. The van der Waals surface area contributed by atoms with Crippen LogP contribution in [0.3, 0.4) is 0 Å². The van der Waals surface area contributed by atoms with E-state index < -0.39 is 0 Å². The number of hydrogen-bond acceptors (Lipinski definition) is 1. The molecule has 0 saturated carbocycles. The number of nitrogens with one attached hydrogen (secondary N) is 1. The molecule has 1 atom stereocenters. The first-order valence-corrected chi connectivity index (χ1v) is 4.81. The van der Waals surface area contributed by atoms with Crippen LogP contribution in [-0.2, 0) is 0 Å². The van der Waals surface area contributed by atoms with Crippen molar-refractivity contribution in [1.29, 1.82) is 0 Å². The van der Waals surface area contributed by atoms with Gasteiger partial charge in [-0.15, -0.1) is 0 Å². The number of carbonyl (C=O) groups is 1. The van der Waals surface area contributed by atoms with Gasteiger partial charge in [-0.05, 0) is 31.5 Å². The fourth-order valence-electron chi connectivity index (χ4n) is 1.71. The van der Waals surface area contributed by atoms with Crippen LogP contribution in [0.5, 0.6) is 0 Å². The summed E-state index contributed by atoms with van der Waals surface area (Å²) in [4.78, 5) is 13.3. The molecule has 1 saturated heterocycles. The average Bonchev–Trinajstić information content (AvgIpc) is 2.45. The first-order chi connectivity index (χ1) is 6.66. The van der Waals surface area contributed by atoms with E-state index >= 15 is 0 Å². The molecule has 0 aliphatic carbocycles. The minimum Gasteiger partial charge on any atom is -0.333 e. The van der Waals surface area contributed by atoms with Gasteiger partial charge in [0.2, 0.25) is 0 Å². The SMILES string of the molecule is Cc1cccc(N2CC(C)NC2=O)c1. The summed E-state index contributed by atoms with van der Waals surface area (Å²) < 4.78 is 0. The summed E-state index contributed by atoms with van der Waals surface area (Å²) in [5, 5.41) is 2.87. The van der Waals surface area contributed by atoms with E-state index in [0.29, 0.717) is 0 Å². The lowest BCUT2D eigenvalue weighted by atomic mass is 10.2. The number of urea groups is 1. The zero-order chi connectivity index (χ0) is 10.1. The van der Waals surface area contributed by atoms with Crippen LogP contribution < -0.4 is 10.2 Å². The number of rotatable bonds is 1. The Morgan fingerprint density at radius 2 is 2.29 bits per heavy atom. The van der Waals surface area contributed by atoms with Crippen LogP contribution >= 0.6 is 0 Å². The third-order valence-corrected chi connectivity index (χ3v) is 2.38. The van der Waals surface area contributed by atoms with E-state index in [1.54, 1.807) is 4.90 Å². The average molecular weight is 190 g/mol. The van der Waals surface area contributed by atoms with E-state index in [4.69, 9.17) is 0 Å². The van der Waals surface area contributed by atoms with Gasteiger partial charge >= 0.3 is 6.03 Å². The van der Waals surface area contributed by atoms with Gasteiger partial charge in [0.05, 0.1) is 0 Å². The zero-order valence-electron chi connectivity index (χ0n) is 8.45. The molecule has 3 heteroatoms. The Hall–Kier alpha value is -1.51. The molecule has 1 aromatic carbocycles. The van der Waals surface area contributed by atoms with E-state index in [1.807, 2.05) is 38.1 Å². The molecule has 3 nitrogen and oxygen atoms in total. The maximum Gasteiger partial charge on any atom is 0.322 e. The van der Waals surface area contributed by atoms with Crippen LogP contribution in [0.1, 0.15) is 12.5 Å². The molecule has 0 spiro atoms. The summed E-state index contributed by atoms with van der Waals surface area (Å²) in [6.07, 6.45) is 0. The van der Waals surface area contributed by atoms with Crippen molar-refractivity contribution >= 4 is 11.7 Å². The summed E-state index contributed by atoms with van der Waals surface area (Å²) in [6, 6.07) is 8.23. The monoisotopic (exact) mass is 190 g/mol. The number of nitrogens with zero attached hydrogens (tertiary/aromatic N) is 1. The second kappa shape index (κ2) is 3.33. The van der Waals surface area contributed by atoms with Crippen molar-refractivity contribution in [3.05, 3.63) is 29.8 Å². The lowest BCUT2D eigenvalue weighted by molar-refractivity contribution is 0.251. The summed E-state index contributed by atoms with van der Waals surface area (Å²) >= 11 is 0. The van der Waals surface area contributed by atoms with E-state index in [9.17, 15) is 4.79 Å². The van der Waals surface area contributed by atoms with Crippen LogP contribution in [0.25, 0.3) is 0 Å². The molecular weight excluding hydrogens is 176 g/mol. The number of amides is 2. The Labute approximate surface area is 83.7 Å². The van der Waals surface area contributed by atoms with Crippen LogP contribution in [0.4, 0.5) is 10.5 Å². The maximum atomic E-state index is 11.5. The normalized spacial score (nSPS) is 21.1. The number of carbonyl (C=O) groups excluding carboxylic acids is 1. The molecule has 0 bridgehead atoms. The number of anilines is 1. The molecule has 1 aromatic rings. The first-order valence-electron chi connectivity index (χ1n) is 4.81. The molecule has 1 aliphatic heterocycles. The Balaban J connectivity index is 2.27. The molecule has 2 amide bonds. The predicted molar refractivity (Wildman–Crippen MR) is 56.5 cm³/mol. The summed E-state index contributed by atoms with van der Waals surface area (Å²) in [5.41, 5.74) is 2.15. The highest BCUT2D eigenvalue weighted by Gasteiger charge is 2.26. The van der Waals surface area contributed by atoms with Crippen molar-refractivity contribution in [2.45, 2.75) is 19.9 Å². The predicted octanol–water partition coefficient (Wildman–Crippen LogP) is 1.91. The molecule has 1 fully saturated rings. The van der Waals surface area contributed by atoms with Crippen molar-refractivity contribution < 1.29 is 4.79 Å². The lowest BCUT2D eigenvalue weighted by Gasteiger charge is -2.14. The van der Waals surface area contributed by atoms with Crippen molar-refractivity contribution in [2.24, 2.45) is 0 Å². The first kappa shape index (κ1) is 9.06. The largest absolute Gasteiger partial charge is 0.333 e. The molecule has 1 unspecified atom stereocenters. The third kappa shape index (κ3) is 1.58. The molecule has 1 heterocycles. The summed E-state index contributed by atoms with van der Waals surface area (Å²) in [5.74, 6) is 0. The van der Waals surface area contributed by atoms with Gasteiger partial charge in [0.25, 0.3) is 0 Å². The van der Waals surface area contributed by atoms with Crippen molar-refractivity contribution in [1.82, 2.24) is 5.32 Å². The smallest absolute Gasteiger partial charge is 0.322 e. The van der Waals surface area contributed by atoms with Crippen molar-refractivity contribution in [2.75, 3.05) is 11.4 Å².